The minimum atomic E-state index is -0.404. The number of para-hydroxylation sites is 1. The van der Waals surface area contributed by atoms with Gasteiger partial charge in [-0.05, 0) is 57.6 Å². The number of amides is 1. The van der Waals surface area contributed by atoms with Crippen molar-refractivity contribution in [3.8, 4) is 5.69 Å². The molecule has 1 saturated heterocycles. The third-order valence-corrected chi connectivity index (χ3v) is 6.22. The molecule has 0 unspecified atom stereocenters. The summed E-state index contributed by atoms with van der Waals surface area (Å²) in [6.07, 6.45) is 6.81. The van der Waals surface area contributed by atoms with Crippen LogP contribution in [0.25, 0.3) is 5.69 Å². The molecule has 2 aromatic rings. The van der Waals surface area contributed by atoms with Crippen LogP contribution in [-0.2, 0) is 4.79 Å². The van der Waals surface area contributed by atoms with Gasteiger partial charge in [0.1, 0.15) is 0 Å². The molecule has 5 nitrogen and oxygen atoms in total. The van der Waals surface area contributed by atoms with Gasteiger partial charge in [0.15, 0.2) is 0 Å². The number of hydrogen-bond acceptors (Lipinski definition) is 3. The van der Waals surface area contributed by atoms with E-state index in [0.717, 1.165) is 30.6 Å². The van der Waals surface area contributed by atoms with Crippen LogP contribution in [0.5, 0.6) is 0 Å². The number of fused-ring (bicyclic) bond motifs is 1. The second-order valence-electron chi connectivity index (χ2n) is 7.87. The van der Waals surface area contributed by atoms with Gasteiger partial charge in [0, 0.05) is 12.6 Å². The van der Waals surface area contributed by atoms with Gasteiger partial charge in [-0.25, -0.2) is 4.68 Å². The molecule has 1 aliphatic heterocycles. The van der Waals surface area contributed by atoms with E-state index in [2.05, 4.69) is 5.10 Å². The maximum Gasteiger partial charge on any atom is 0.295 e. The average Bonchev–Trinajstić information content (AvgIpc) is 3.01. The summed E-state index contributed by atoms with van der Waals surface area (Å²) in [6.45, 7) is 4.39. The summed E-state index contributed by atoms with van der Waals surface area (Å²) in [5.41, 5.74) is 2.71. The lowest BCUT2D eigenvalue weighted by atomic mass is 9.78. The molecule has 1 aromatic heterocycles. The van der Waals surface area contributed by atoms with Crippen LogP contribution in [0.4, 0.5) is 0 Å². The fourth-order valence-corrected chi connectivity index (χ4v) is 4.91. The monoisotopic (exact) mass is 365 g/mol. The van der Waals surface area contributed by atoms with Gasteiger partial charge >= 0.3 is 0 Å². The number of nitrogens with zero attached hydrogens (tertiary/aromatic N) is 3. The highest BCUT2D eigenvalue weighted by Gasteiger charge is 2.39. The van der Waals surface area contributed by atoms with E-state index in [9.17, 15) is 9.59 Å². The zero-order valence-corrected chi connectivity index (χ0v) is 16.1. The number of rotatable bonds is 3. The third-order valence-electron chi connectivity index (χ3n) is 6.22. The van der Waals surface area contributed by atoms with Crippen molar-refractivity contribution in [1.82, 2.24) is 14.7 Å². The van der Waals surface area contributed by atoms with Crippen molar-refractivity contribution in [3.05, 3.63) is 47.3 Å². The lowest BCUT2D eigenvalue weighted by Gasteiger charge is -2.43. The molecule has 1 aromatic carbocycles. The second kappa shape index (κ2) is 7.29. The fraction of sp³-hybridized carbons (Fsp3) is 0.500. The zero-order valence-electron chi connectivity index (χ0n) is 16.1. The molecule has 27 heavy (non-hydrogen) atoms. The predicted molar refractivity (Wildman–Crippen MR) is 104 cm³/mol. The third kappa shape index (κ3) is 3.20. The van der Waals surface area contributed by atoms with Gasteiger partial charge in [0.05, 0.1) is 22.6 Å². The van der Waals surface area contributed by atoms with Crippen molar-refractivity contribution >= 4 is 11.7 Å². The highest BCUT2D eigenvalue weighted by atomic mass is 16.2. The highest BCUT2D eigenvalue weighted by Crippen LogP contribution is 2.35. The summed E-state index contributed by atoms with van der Waals surface area (Å²) in [4.78, 5) is 28.2. The molecular formula is C22H27N3O2. The molecule has 2 fully saturated rings. The Balaban J connectivity index is 1.63. The van der Waals surface area contributed by atoms with E-state index in [4.69, 9.17) is 0 Å². The number of benzene rings is 1. The van der Waals surface area contributed by atoms with Crippen molar-refractivity contribution in [2.45, 2.75) is 58.4 Å². The van der Waals surface area contributed by atoms with E-state index in [0.29, 0.717) is 23.7 Å². The van der Waals surface area contributed by atoms with Gasteiger partial charge in [-0.15, -0.1) is 0 Å². The Morgan fingerprint density at radius 1 is 1.00 bits per heavy atom. The molecule has 2 heterocycles. The number of Topliss-reactive ketones (excluding diaryl/α,β-unsaturated/α-hetero) is 1. The molecule has 0 bridgehead atoms. The van der Waals surface area contributed by atoms with E-state index in [-0.39, 0.29) is 11.9 Å². The van der Waals surface area contributed by atoms with Gasteiger partial charge in [-0.3, -0.25) is 9.59 Å². The van der Waals surface area contributed by atoms with Crippen LogP contribution in [0.2, 0.25) is 0 Å². The SMILES string of the molecule is Cc1nn(-c2ccccc2)c(C)c1C(=O)C(=O)N1CCC[C@H]2CCCC[C@H]21. The summed E-state index contributed by atoms with van der Waals surface area (Å²) in [5.74, 6) is -0.178. The van der Waals surface area contributed by atoms with Gasteiger partial charge in [-0.2, -0.15) is 5.10 Å². The number of hydrogen-bond donors (Lipinski definition) is 0. The molecule has 1 saturated carbocycles. The fourth-order valence-electron chi connectivity index (χ4n) is 4.91. The lowest BCUT2D eigenvalue weighted by molar-refractivity contribution is -0.132. The van der Waals surface area contributed by atoms with Crippen LogP contribution >= 0.6 is 0 Å². The molecule has 1 aliphatic carbocycles. The van der Waals surface area contributed by atoms with Gasteiger partial charge in [-0.1, -0.05) is 31.0 Å². The van der Waals surface area contributed by atoms with Crippen LogP contribution < -0.4 is 0 Å². The first kappa shape index (κ1) is 18.0. The number of likely N-dealkylation sites (tertiary alicyclic amines) is 1. The maximum atomic E-state index is 13.2. The minimum Gasteiger partial charge on any atom is -0.333 e. The van der Waals surface area contributed by atoms with Crippen LogP contribution in [0.3, 0.4) is 0 Å². The number of ketones is 1. The van der Waals surface area contributed by atoms with Crippen molar-refractivity contribution in [1.29, 1.82) is 0 Å². The first-order valence-electron chi connectivity index (χ1n) is 10.0. The van der Waals surface area contributed by atoms with Crippen LogP contribution in [0.15, 0.2) is 30.3 Å². The predicted octanol–water partition coefficient (Wildman–Crippen LogP) is 3.85. The van der Waals surface area contributed by atoms with Crippen LogP contribution in [0.1, 0.15) is 60.3 Å². The largest absolute Gasteiger partial charge is 0.333 e. The number of carbonyl (C=O) groups excluding carboxylic acids is 2. The molecule has 4 rings (SSSR count). The molecule has 0 spiro atoms. The summed E-state index contributed by atoms with van der Waals surface area (Å²) in [7, 11) is 0. The zero-order chi connectivity index (χ0) is 19.0. The molecule has 0 N–H and O–H groups in total. The molecule has 2 atom stereocenters. The quantitative estimate of drug-likeness (QED) is 0.613. The van der Waals surface area contributed by atoms with E-state index in [1.165, 1.54) is 19.3 Å². The van der Waals surface area contributed by atoms with Gasteiger partial charge < -0.3 is 4.90 Å². The van der Waals surface area contributed by atoms with E-state index in [1.807, 2.05) is 49.1 Å². The topological polar surface area (TPSA) is 55.2 Å². The number of carbonyl (C=O) groups is 2. The first-order valence-corrected chi connectivity index (χ1v) is 10.0. The summed E-state index contributed by atoms with van der Waals surface area (Å²) in [5, 5.41) is 4.54. The van der Waals surface area contributed by atoms with Gasteiger partial charge in [0.2, 0.25) is 0 Å². The van der Waals surface area contributed by atoms with Crippen LogP contribution in [0, 0.1) is 19.8 Å². The van der Waals surface area contributed by atoms with E-state index in [1.54, 1.807) is 4.68 Å². The molecular weight excluding hydrogens is 338 g/mol. The standard InChI is InChI=1S/C22H27N3O2/c1-15-20(16(2)25(23-15)18-11-4-3-5-12-18)21(26)22(27)24-14-8-10-17-9-6-7-13-19(17)24/h3-5,11-12,17,19H,6-10,13-14H2,1-2H3/t17-,19-/m1/s1. The van der Waals surface area contributed by atoms with Crippen molar-refractivity contribution < 1.29 is 9.59 Å². The number of aryl methyl sites for hydroxylation is 1. The number of aromatic nitrogens is 2. The van der Waals surface area contributed by atoms with Crippen molar-refractivity contribution in [2.75, 3.05) is 6.54 Å². The van der Waals surface area contributed by atoms with Crippen molar-refractivity contribution in [2.24, 2.45) is 5.92 Å². The number of piperidine rings is 1. The molecule has 1 amide bonds. The summed E-state index contributed by atoms with van der Waals surface area (Å²) in [6, 6.07) is 9.97. The smallest absolute Gasteiger partial charge is 0.295 e. The Labute approximate surface area is 160 Å². The van der Waals surface area contributed by atoms with E-state index >= 15 is 0 Å². The van der Waals surface area contributed by atoms with Gasteiger partial charge in [0.25, 0.3) is 11.7 Å². The van der Waals surface area contributed by atoms with Crippen LogP contribution in [-0.4, -0.2) is 39.0 Å². The summed E-state index contributed by atoms with van der Waals surface area (Å²) < 4.78 is 1.76. The molecule has 2 aliphatic rings. The second-order valence-corrected chi connectivity index (χ2v) is 7.87. The molecule has 5 heteroatoms. The Kier molecular flexibility index (Phi) is 4.85. The normalized spacial score (nSPS) is 22.4. The Morgan fingerprint density at radius 2 is 1.70 bits per heavy atom. The Morgan fingerprint density at radius 3 is 2.48 bits per heavy atom. The average molecular weight is 365 g/mol. The Hall–Kier alpha value is -2.43. The minimum absolute atomic E-state index is 0.244. The lowest BCUT2D eigenvalue weighted by Crippen LogP contribution is -2.51. The van der Waals surface area contributed by atoms with Crippen molar-refractivity contribution in [3.63, 3.8) is 0 Å². The van der Waals surface area contributed by atoms with E-state index < -0.39 is 5.78 Å². The Bertz CT molecular complexity index is 854. The summed E-state index contributed by atoms with van der Waals surface area (Å²) >= 11 is 0. The molecule has 142 valence electrons. The molecule has 0 radical (unpaired) electrons. The highest BCUT2D eigenvalue weighted by molar-refractivity contribution is 6.43. The first-order chi connectivity index (χ1) is 13.1. The maximum absolute atomic E-state index is 13.2.